The molecule has 0 amide bonds. The Balaban J connectivity index is 1.66. The third-order valence-electron chi connectivity index (χ3n) is 4.67. The molecule has 0 fully saturated rings. The Labute approximate surface area is 170 Å². The first-order chi connectivity index (χ1) is 13.7. The SMILES string of the molecule is Cc1cccc(-c2cc(NCCCc3cncc(S(N)(=O)=O)c3)nc(N)n2)c1C. The summed E-state index contributed by atoms with van der Waals surface area (Å²) in [6, 6.07) is 9.49. The van der Waals surface area contributed by atoms with Gasteiger partial charge in [-0.3, -0.25) is 4.98 Å². The lowest BCUT2D eigenvalue weighted by molar-refractivity contribution is 0.597. The minimum atomic E-state index is -3.75. The molecule has 0 aliphatic rings. The van der Waals surface area contributed by atoms with E-state index in [1.165, 1.54) is 11.8 Å². The summed E-state index contributed by atoms with van der Waals surface area (Å²) in [5.74, 6) is 0.848. The molecule has 9 heteroatoms. The molecule has 0 aliphatic heterocycles. The minimum Gasteiger partial charge on any atom is -0.370 e. The second-order valence-electron chi connectivity index (χ2n) is 6.85. The number of nitrogen functional groups attached to an aromatic ring is 1. The Kier molecular flexibility index (Phi) is 6.09. The van der Waals surface area contributed by atoms with E-state index >= 15 is 0 Å². The van der Waals surface area contributed by atoms with Crippen molar-refractivity contribution >= 4 is 21.8 Å². The second kappa shape index (κ2) is 8.54. The van der Waals surface area contributed by atoms with Gasteiger partial charge < -0.3 is 11.1 Å². The van der Waals surface area contributed by atoms with Crippen molar-refractivity contribution in [2.45, 2.75) is 31.6 Å². The molecule has 2 heterocycles. The van der Waals surface area contributed by atoms with Gasteiger partial charge in [-0.2, -0.15) is 4.98 Å². The van der Waals surface area contributed by atoms with Crippen molar-refractivity contribution in [3.05, 3.63) is 59.4 Å². The minimum absolute atomic E-state index is 0.0182. The van der Waals surface area contributed by atoms with Crippen LogP contribution in [0.25, 0.3) is 11.3 Å². The number of anilines is 2. The molecule has 8 nitrogen and oxygen atoms in total. The molecule has 152 valence electrons. The van der Waals surface area contributed by atoms with Crippen LogP contribution in [0.15, 0.2) is 47.6 Å². The molecule has 0 radical (unpaired) electrons. The molecule has 0 atom stereocenters. The van der Waals surface area contributed by atoms with Crippen LogP contribution in [-0.4, -0.2) is 29.9 Å². The highest BCUT2D eigenvalue weighted by atomic mass is 32.2. The number of nitrogens with two attached hydrogens (primary N) is 2. The van der Waals surface area contributed by atoms with Crippen LogP contribution in [0.3, 0.4) is 0 Å². The molecule has 0 saturated heterocycles. The fraction of sp³-hybridized carbons (Fsp3) is 0.250. The summed E-state index contributed by atoms with van der Waals surface area (Å²) in [6.07, 6.45) is 4.28. The number of benzene rings is 1. The third-order valence-corrected chi connectivity index (χ3v) is 5.55. The number of rotatable bonds is 7. The van der Waals surface area contributed by atoms with Gasteiger partial charge in [-0.1, -0.05) is 18.2 Å². The fourth-order valence-electron chi connectivity index (χ4n) is 2.99. The fourth-order valence-corrected chi connectivity index (χ4v) is 3.51. The molecule has 0 aliphatic carbocycles. The van der Waals surface area contributed by atoms with Crippen molar-refractivity contribution in [2.24, 2.45) is 5.14 Å². The Morgan fingerprint density at radius 3 is 2.66 bits per heavy atom. The maximum Gasteiger partial charge on any atom is 0.239 e. The monoisotopic (exact) mass is 412 g/mol. The maximum absolute atomic E-state index is 11.4. The topological polar surface area (TPSA) is 137 Å². The van der Waals surface area contributed by atoms with E-state index in [0.29, 0.717) is 18.8 Å². The van der Waals surface area contributed by atoms with Crippen molar-refractivity contribution in [1.82, 2.24) is 15.0 Å². The van der Waals surface area contributed by atoms with Crippen LogP contribution >= 0.6 is 0 Å². The number of hydrogen-bond acceptors (Lipinski definition) is 7. The van der Waals surface area contributed by atoms with Gasteiger partial charge in [0.2, 0.25) is 16.0 Å². The molecule has 3 aromatic rings. The van der Waals surface area contributed by atoms with E-state index in [4.69, 9.17) is 10.9 Å². The van der Waals surface area contributed by atoms with Crippen LogP contribution in [0, 0.1) is 13.8 Å². The first-order valence-corrected chi connectivity index (χ1v) is 10.7. The number of sulfonamides is 1. The van der Waals surface area contributed by atoms with E-state index in [0.717, 1.165) is 28.8 Å². The Morgan fingerprint density at radius 2 is 1.90 bits per heavy atom. The molecule has 0 spiro atoms. The number of primary sulfonamides is 1. The van der Waals surface area contributed by atoms with Gasteiger partial charge >= 0.3 is 0 Å². The second-order valence-corrected chi connectivity index (χ2v) is 8.41. The van der Waals surface area contributed by atoms with Gasteiger partial charge in [-0.15, -0.1) is 0 Å². The van der Waals surface area contributed by atoms with Gasteiger partial charge in [0.25, 0.3) is 0 Å². The van der Waals surface area contributed by atoms with Crippen LogP contribution in [0.4, 0.5) is 11.8 Å². The van der Waals surface area contributed by atoms with Crippen molar-refractivity contribution < 1.29 is 8.42 Å². The molecular formula is C20H24N6O2S. The average molecular weight is 413 g/mol. The lowest BCUT2D eigenvalue weighted by atomic mass is 10.0. The van der Waals surface area contributed by atoms with Gasteiger partial charge in [0, 0.05) is 30.6 Å². The van der Waals surface area contributed by atoms with Crippen molar-refractivity contribution in [3.8, 4) is 11.3 Å². The summed E-state index contributed by atoms with van der Waals surface area (Å²) in [5, 5.41) is 8.40. The summed E-state index contributed by atoms with van der Waals surface area (Å²) in [4.78, 5) is 12.6. The van der Waals surface area contributed by atoms with Crippen molar-refractivity contribution in [2.75, 3.05) is 17.6 Å². The molecule has 0 saturated carbocycles. The normalized spacial score (nSPS) is 11.4. The van der Waals surface area contributed by atoms with Crippen LogP contribution in [0.1, 0.15) is 23.1 Å². The van der Waals surface area contributed by atoms with Gasteiger partial charge in [-0.25, -0.2) is 18.5 Å². The maximum atomic E-state index is 11.4. The molecule has 0 bridgehead atoms. The quantitative estimate of drug-likeness (QED) is 0.507. The van der Waals surface area contributed by atoms with Crippen molar-refractivity contribution in [1.29, 1.82) is 0 Å². The Bertz CT molecular complexity index is 1130. The third kappa shape index (κ3) is 5.27. The first-order valence-electron chi connectivity index (χ1n) is 9.16. The highest BCUT2D eigenvalue weighted by molar-refractivity contribution is 7.89. The van der Waals surface area contributed by atoms with E-state index in [9.17, 15) is 8.42 Å². The Hall–Kier alpha value is -3.04. The smallest absolute Gasteiger partial charge is 0.239 e. The zero-order chi connectivity index (χ0) is 21.0. The van der Waals surface area contributed by atoms with E-state index in [1.54, 1.807) is 12.3 Å². The number of aryl methyl sites for hydroxylation is 2. The van der Waals surface area contributed by atoms with Gasteiger partial charge in [0.15, 0.2) is 0 Å². The molecule has 2 aromatic heterocycles. The number of pyridine rings is 1. The lowest BCUT2D eigenvalue weighted by Crippen LogP contribution is -2.13. The standard InChI is InChI=1S/C20H24N6O2S/c1-13-5-3-7-17(14(13)2)18-10-19(26-20(21)25-18)24-8-4-6-15-9-16(12-23-11-15)29(22,27)28/h3,5,7,9-12H,4,6,8H2,1-2H3,(H2,22,27,28)(H3,21,24,25,26). The molecule has 3 rings (SSSR count). The zero-order valence-corrected chi connectivity index (χ0v) is 17.2. The first kappa shape index (κ1) is 20.7. The predicted molar refractivity (Wildman–Crippen MR) is 114 cm³/mol. The summed E-state index contributed by atoms with van der Waals surface area (Å²) in [7, 11) is -3.75. The molecule has 1 aromatic carbocycles. The van der Waals surface area contributed by atoms with Gasteiger partial charge in [-0.05, 0) is 49.4 Å². The number of nitrogens with one attached hydrogen (secondary N) is 1. The summed E-state index contributed by atoms with van der Waals surface area (Å²) < 4.78 is 22.9. The molecule has 0 unspecified atom stereocenters. The predicted octanol–water partition coefficient (Wildman–Crippen LogP) is 2.43. The van der Waals surface area contributed by atoms with Crippen LogP contribution in [0.5, 0.6) is 0 Å². The highest BCUT2D eigenvalue weighted by Gasteiger charge is 2.10. The van der Waals surface area contributed by atoms with Gasteiger partial charge in [0.05, 0.1) is 5.69 Å². The number of nitrogens with zero attached hydrogens (tertiary/aromatic N) is 3. The summed E-state index contributed by atoms with van der Waals surface area (Å²) in [5.41, 5.74) is 10.8. The van der Waals surface area contributed by atoms with Crippen LogP contribution in [-0.2, 0) is 16.4 Å². The average Bonchev–Trinajstić information content (AvgIpc) is 2.66. The van der Waals surface area contributed by atoms with E-state index in [1.807, 2.05) is 18.2 Å². The molecule has 5 N–H and O–H groups in total. The Morgan fingerprint density at radius 1 is 1.10 bits per heavy atom. The lowest BCUT2D eigenvalue weighted by Gasteiger charge is -2.11. The summed E-state index contributed by atoms with van der Waals surface area (Å²) in [6.45, 7) is 4.74. The summed E-state index contributed by atoms with van der Waals surface area (Å²) >= 11 is 0. The molecule has 29 heavy (non-hydrogen) atoms. The van der Waals surface area contributed by atoms with E-state index < -0.39 is 10.0 Å². The number of hydrogen-bond donors (Lipinski definition) is 3. The largest absolute Gasteiger partial charge is 0.370 e. The van der Waals surface area contributed by atoms with Crippen molar-refractivity contribution in [3.63, 3.8) is 0 Å². The zero-order valence-electron chi connectivity index (χ0n) is 16.4. The highest BCUT2D eigenvalue weighted by Crippen LogP contribution is 2.26. The van der Waals surface area contributed by atoms with E-state index in [2.05, 4.69) is 40.2 Å². The van der Waals surface area contributed by atoms with E-state index in [-0.39, 0.29) is 10.8 Å². The van der Waals surface area contributed by atoms with Gasteiger partial charge in [0.1, 0.15) is 10.7 Å². The number of aromatic nitrogens is 3. The van der Waals surface area contributed by atoms with Crippen LogP contribution < -0.4 is 16.2 Å². The van der Waals surface area contributed by atoms with Crippen LogP contribution in [0.2, 0.25) is 0 Å². The molecular weight excluding hydrogens is 388 g/mol.